The van der Waals surface area contributed by atoms with Gasteiger partial charge >= 0.3 is 0 Å². The fourth-order valence-corrected chi connectivity index (χ4v) is 3.77. The van der Waals surface area contributed by atoms with Crippen molar-refractivity contribution in [3.8, 4) is 0 Å². The highest BCUT2D eigenvalue weighted by molar-refractivity contribution is 6.31. The summed E-state index contributed by atoms with van der Waals surface area (Å²) in [6, 6.07) is 1.60. The maximum atomic E-state index is 14.5. The smallest absolute Gasteiger partial charge is 0.153 e. The lowest BCUT2D eigenvalue weighted by Gasteiger charge is -2.21. The number of aromatic nitrogens is 2. The van der Waals surface area contributed by atoms with Crippen molar-refractivity contribution in [3.05, 3.63) is 63.5 Å². The van der Waals surface area contributed by atoms with Crippen molar-refractivity contribution in [1.82, 2.24) is 9.55 Å². The standard InChI is InChI=1S/C22H27ClFN3O/c1-7-8-27-21(14(5)25)15(6)26-22(27)13(4)16-10-19(23)20(24)18(11-28)17(16)9-12(2)3/h7-8,10-13H,5,9,25H2,1-4,6H3/b8-7-. The van der Waals surface area contributed by atoms with E-state index >= 15 is 0 Å². The van der Waals surface area contributed by atoms with Crippen molar-refractivity contribution in [1.29, 1.82) is 0 Å². The minimum atomic E-state index is -0.674. The number of rotatable bonds is 7. The zero-order valence-electron chi connectivity index (χ0n) is 17.0. The number of imidazole rings is 1. The number of hydrogen-bond donors (Lipinski definition) is 1. The SMILES string of the molecule is C=C(N)c1c(C)nc(C(C)c2cc(Cl)c(F)c(C=O)c2CC(C)C)n1/C=C\C. The third-order valence-corrected chi connectivity index (χ3v) is 4.98. The topological polar surface area (TPSA) is 60.9 Å². The molecule has 0 bridgehead atoms. The third kappa shape index (κ3) is 4.04. The molecule has 1 heterocycles. The molecule has 0 fully saturated rings. The van der Waals surface area contributed by atoms with Crippen molar-refractivity contribution in [2.24, 2.45) is 11.7 Å². The van der Waals surface area contributed by atoms with Gasteiger partial charge in [-0.25, -0.2) is 9.37 Å². The summed E-state index contributed by atoms with van der Waals surface area (Å²) < 4.78 is 16.4. The zero-order valence-corrected chi connectivity index (χ0v) is 17.8. The van der Waals surface area contributed by atoms with Crippen LogP contribution in [-0.2, 0) is 6.42 Å². The first-order valence-corrected chi connectivity index (χ1v) is 9.63. The molecule has 0 saturated carbocycles. The van der Waals surface area contributed by atoms with Crippen LogP contribution in [0.4, 0.5) is 4.39 Å². The molecule has 1 aromatic carbocycles. The minimum absolute atomic E-state index is 0.0207. The van der Waals surface area contributed by atoms with Crippen LogP contribution >= 0.6 is 11.6 Å². The van der Waals surface area contributed by atoms with Crippen LogP contribution in [0.1, 0.15) is 72.3 Å². The second kappa shape index (κ2) is 8.74. The Morgan fingerprint density at radius 1 is 1.43 bits per heavy atom. The van der Waals surface area contributed by atoms with Crippen LogP contribution in [0.5, 0.6) is 0 Å². The second-order valence-electron chi connectivity index (χ2n) is 7.37. The molecule has 0 amide bonds. The Morgan fingerprint density at radius 3 is 2.57 bits per heavy atom. The fourth-order valence-electron chi connectivity index (χ4n) is 3.55. The van der Waals surface area contributed by atoms with Gasteiger partial charge in [0.15, 0.2) is 12.1 Å². The summed E-state index contributed by atoms with van der Waals surface area (Å²) in [4.78, 5) is 16.4. The highest BCUT2D eigenvalue weighted by Crippen LogP contribution is 2.35. The van der Waals surface area contributed by atoms with Crippen LogP contribution in [0.15, 0.2) is 18.7 Å². The van der Waals surface area contributed by atoms with E-state index in [-0.39, 0.29) is 22.4 Å². The number of aldehydes is 1. The quantitative estimate of drug-likeness (QED) is 0.615. The number of nitrogens with two attached hydrogens (primary N) is 1. The molecule has 0 saturated heterocycles. The molecule has 150 valence electrons. The summed E-state index contributed by atoms with van der Waals surface area (Å²) in [6.45, 7) is 13.6. The van der Waals surface area contributed by atoms with E-state index in [1.165, 1.54) is 0 Å². The monoisotopic (exact) mass is 403 g/mol. The van der Waals surface area contributed by atoms with Crippen molar-refractivity contribution < 1.29 is 9.18 Å². The summed E-state index contributed by atoms with van der Waals surface area (Å²) in [7, 11) is 0. The van der Waals surface area contributed by atoms with Crippen LogP contribution in [-0.4, -0.2) is 15.8 Å². The lowest BCUT2D eigenvalue weighted by molar-refractivity contribution is 0.111. The van der Waals surface area contributed by atoms with E-state index in [1.54, 1.807) is 6.07 Å². The summed E-state index contributed by atoms with van der Waals surface area (Å²) in [6.07, 6.45) is 4.86. The van der Waals surface area contributed by atoms with E-state index in [1.807, 2.05) is 51.5 Å². The molecule has 6 heteroatoms. The van der Waals surface area contributed by atoms with Gasteiger partial charge < -0.3 is 10.3 Å². The molecule has 0 radical (unpaired) electrons. The Labute approximate surface area is 170 Å². The Kier molecular flexibility index (Phi) is 6.83. The lowest BCUT2D eigenvalue weighted by atomic mass is 9.87. The number of nitrogens with zero attached hydrogens (tertiary/aromatic N) is 2. The molecular formula is C22H27ClFN3O. The molecule has 1 atom stereocenters. The van der Waals surface area contributed by atoms with Crippen LogP contribution < -0.4 is 5.73 Å². The molecule has 0 aliphatic carbocycles. The van der Waals surface area contributed by atoms with Crippen LogP contribution in [0.25, 0.3) is 11.9 Å². The van der Waals surface area contributed by atoms with Crippen molar-refractivity contribution >= 4 is 29.8 Å². The second-order valence-corrected chi connectivity index (χ2v) is 7.78. The molecule has 0 aliphatic heterocycles. The Bertz CT molecular complexity index is 944. The van der Waals surface area contributed by atoms with Gasteiger partial charge in [0.05, 0.1) is 27.7 Å². The van der Waals surface area contributed by atoms with Crippen molar-refractivity contribution in [3.63, 3.8) is 0 Å². The Balaban J connectivity index is 2.79. The predicted octanol–water partition coefficient (Wildman–Crippen LogP) is 5.57. The fraction of sp³-hybridized carbons (Fsp3) is 0.364. The molecule has 28 heavy (non-hydrogen) atoms. The van der Waals surface area contributed by atoms with Crippen LogP contribution in [0, 0.1) is 18.7 Å². The molecule has 1 aromatic heterocycles. The molecule has 2 aromatic rings. The summed E-state index contributed by atoms with van der Waals surface area (Å²) in [5.41, 5.74) is 9.34. The highest BCUT2D eigenvalue weighted by Gasteiger charge is 2.26. The van der Waals surface area contributed by atoms with Crippen LogP contribution in [0.3, 0.4) is 0 Å². The van der Waals surface area contributed by atoms with Gasteiger partial charge in [-0.05, 0) is 43.4 Å². The number of halogens is 2. The van der Waals surface area contributed by atoms with E-state index in [0.29, 0.717) is 24.0 Å². The van der Waals surface area contributed by atoms with Gasteiger partial charge in [0, 0.05) is 12.1 Å². The van der Waals surface area contributed by atoms with E-state index < -0.39 is 5.82 Å². The van der Waals surface area contributed by atoms with Crippen LogP contribution in [0.2, 0.25) is 5.02 Å². The van der Waals surface area contributed by atoms with Crippen molar-refractivity contribution in [2.45, 2.75) is 47.0 Å². The lowest BCUT2D eigenvalue weighted by Crippen LogP contribution is -2.13. The minimum Gasteiger partial charge on any atom is -0.397 e. The average Bonchev–Trinajstić information content (AvgIpc) is 2.94. The molecular weight excluding hydrogens is 377 g/mol. The van der Waals surface area contributed by atoms with E-state index in [9.17, 15) is 9.18 Å². The Hall–Kier alpha value is -2.40. The number of allylic oxidation sites excluding steroid dienone is 1. The summed E-state index contributed by atoms with van der Waals surface area (Å²) in [5, 5.41) is -0.0687. The van der Waals surface area contributed by atoms with Gasteiger partial charge in [0.1, 0.15) is 5.82 Å². The maximum Gasteiger partial charge on any atom is 0.153 e. The summed E-state index contributed by atoms with van der Waals surface area (Å²) in [5.74, 6) is 0.0455. The zero-order chi connectivity index (χ0) is 21.2. The first kappa shape index (κ1) is 21.9. The highest BCUT2D eigenvalue weighted by atomic mass is 35.5. The van der Waals surface area contributed by atoms with Crippen molar-refractivity contribution in [2.75, 3.05) is 0 Å². The normalized spacial score (nSPS) is 12.7. The molecule has 2 N–H and O–H groups in total. The van der Waals surface area contributed by atoms with E-state index in [4.69, 9.17) is 22.3 Å². The predicted molar refractivity (Wildman–Crippen MR) is 114 cm³/mol. The Morgan fingerprint density at radius 2 is 2.07 bits per heavy atom. The summed E-state index contributed by atoms with van der Waals surface area (Å²) >= 11 is 6.12. The molecule has 0 spiro atoms. The van der Waals surface area contributed by atoms with Gasteiger partial charge in [-0.1, -0.05) is 45.0 Å². The molecule has 0 aliphatic rings. The molecule has 2 rings (SSSR count). The van der Waals surface area contributed by atoms with Gasteiger partial charge in [-0.3, -0.25) is 4.79 Å². The average molecular weight is 404 g/mol. The maximum absolute atomic E-state index is 14.5. The molecule has 4 nitrogen and oxygen atoms in total. The van der Waals surface area contributed by atoms with E-state index in [2.05, 4.69) is 6.58 Å². The number of aryl methyl sites for hydroxylation is 1. The first-order valence-electron chi connectivity index (χ1n) is 9.26. The number of carbonyl (C=O) groups excluding carboxylic acids is 1. The first-order chi connectivity index (χ1) is 13.1. The number of benzene rings is 1. The van der Waals surface area contributed by atoms with E-state index in [0.717, 1.165) is 22.8 Å². The molecule has 1 unspecified atom stereocenters. The number of carbonyl (C=O) groups is 1. The largest absolute Gasteiger partial charge is 0.397 e. The van der Waals surface area contributed by atoms with Gasteiger partial charge in [0.25, 0.3) is 0 Å². The number of hydrogen-bond acceptors (Lipinski definition) is 3. The van der Waals surface area contributed by atoms with Gasteiger partial charge in [-0.2, -0.15) is 0 Å². The van der Waals surface area contributed by atoms with Gasteiger partial charge in [0.2, 0.25) is 0 Å². The third-order valence-electron chi connectivity index (χ3n) is 4.70. The van der Waals surface area contributed by atoms with Gasteiger partial charge in [-0.15, -0.1) is 0 Å².